The molecule has 0 amide bonds. The molecule has 0 fully saturated rings. The number of hydrogen-bond acceptors (Lipinski definition) is 0. The largest absolute Gasteiger partial charge is 0.0989 e. The van der Waals surface area contributed by atoms with E-state index >= 15 is 0 Å². The van der Waals surface area contributed by atoms with E-state index in [1.165, 1.54) is 6.04 Å². The molecular formula is C10H22Si. The van der Waals surface area contributed by atoms with Crippen molar-refractivity contribution in [2.75, 3.05) is 0 Å². The standard InChI is InChI=1S/C10H22Si/c1-7-8-11(5,6)9-10(2,3)4/h7-8H,9H2,1-6H3. The average Bonchev–Trinajstić information content (AvgIpc) is 1.55. The first-order chi connectivity index (χ1) is 4.77. The van der Waals surface area contributed by atoms with E-state index in [2.05, 4.69) is 52.6 Å². The Morgan fingerprint density at radius 3 is 1.91 bits per heavy atom. The summed E-state index contributed by atoms with van der Waals surface area (Å²) >= 11 is 0. The summed E-state index contributed by atoms with van der Waals surface area (Å²) in [5.41, 5.74) is 2.92. The molecule has 0 saturated heterocycles. The third kappa shape index (κ3) is 6.36. The lowest BCUT2D eigenvalue weighted by Crippen LogP contribution is -2.28. The lowest BCUT2D eigenvalue weighted by atomic mass is 10.0. The van der Waals surface area contributed by atoms with Gasteiger partial charge in [-0.25, -0.2) is 0 Å². The predicted octanol–water partition coefficient (Wildman–Crippen LogP) is 3.86. The van der Waals surface area contributed by atoms with Gasteiger partial charge in [-0.2, -0.15) is 0 Å². The lowest BCUT2D eigenvalue weighted by Gasteiger charge is -2.27. The van der Waals surface area contributed by atoms with Crippen LogP contribution in [0.15, 0.2) is 11.8 Å². The van der Waals surface area contributed by atoms with Gasteiger partial charge in [0.2, 0.25) is 0 Å². The van der Waals surface area contributed by atoms with Crippen LogP contribution >= 0.6 is 0 Å². The highest BCUT2D eigenvalue weighted by Crippen LogP contribution is 2.27. The van der Waals surface area contributed by atoms with Crippen LogP contribution in [0.2, 0.25) is 19.1 Å². The summed E-state index contributed by atoms with van der Waals surface area (Å²) < 4.78 is 0. The fourth-order valence-electron chi connectivity index (χ4n) is 1.88. The Kier molecular flexibility index (Phi) is 3.56. The molecule has 0 rings (SSSR count). The molecule has 0 aliphatic carbocycles. The van der Waals surface area contributed by atoms with Crippen LogP contribution in [-0.2, 0) is 0 Å². The van der Waals surface area contributed by atoms with Crippen molar-refractivity contribution in [3.8, 4) is 0 Å². The maximum absolute atomic E-state index is 2.43. The minimum absolute atomic E-state index is 0.495. The Balaban J connectivity index is 4.13. The monoisotopic (exact) mass is 170 g/mol. The summed E-state index contributed by atoms with van der Waals surface area (Å²) in [7, 11) is -1.02. The number of hydrogen-bond donors (Lipinski definition) is 0. The van der Waals surface area contributed by atoms with Crippen molar-refractivity contribution < 1.29 is 0 Å². The first-order valence-electron chi connectivity index (χ1n) is 4.41. The van der Waals surface area contributed by atoms with Crippen LogP contribution in [0.5, 0.6) is 0 Å². The molecule has 0 aromatic rings. The molecular weight excluding hydrogens is 148 g/mol. The Morgan fingerprint density at radius 1 is 1.18 bits per heavy atom. The zero-order valence-corrected chi connectivity index (χ0v) is 9.86. The molecule has 0 N–H and O–H groups in total. The van der Waals surface area contributed by atoms with Gasteiger partial charge in [0.25, 0.3) is 0 Å². The Labute approximate surface area is 72.7 Å². The third-order valence-electron chi connectivity index (χ3n) is 1.60. The van der Waals surface area contributed by atoms with Crippen LogP contribution in [0.1, 0.15) is 27.7 Å². The maximum atomic E-state index is 2.43. The SMILES string of the molecule is CC=C[Si](C)(C)CC(C)(C)C. The Hall–Kier alpha value is -0.0431. The maximum Gasteiger partial charge on any atom is 0.0718 e. The van der Waals surface area contributed by atoms with E-state index in [1.54, 1.807) is 0 Å². The average molecular weight is 170 g/mol. The van der Waals surface area contributed by atoms with Crippen molar-refractivity contribution >= 4 is 8.07 Å². The zero-order chi connectivity index (χ0) is 9.12. The van der Waals surface area contributed by atoms with Crippen molar-refractivity contribution in [2.45, 2.75) is 46.8 Å². The Morgan fingerprint density at radius 2 is 1.64 bits per heavy atom. The summed E-state index contributed by atoms with van der Waals surface area (Å²) in [4.78, 5) is 0. The van der Waals surface area contributed by atoms with Crippen molar-refractivity contribution in [3.63, 3.8) is 0 Å². The molecule has 0 aliphatic heterocycles. The molecule has 0 unspecified atom stereocenters. The fraction of sp³-hybridized carbons (Fsp3) is 0.800. The summed E-state index contributed by atoms with van der Waals surface area (Å²) in [6, 6.07) is 1.38. The molecule has 0 spiro atoms. The molecule has 0 aromatic carbocycles. The van der Waals surface area contributed by atoms with E-state index in [9.17, 15) is 0 Å². The van der Waals surface area contributed by atoms with Crippen LogP contribution < -0.4 is 0 Å². The Bertz CT molecular complexity index is 137. The van der Waals surface area contributed by atoms with Crippen molar-refractivity contribution in [2.24, 2.45) is 5.41 Å². The van der Waals surface area contributed by atoms with Crippen molar-refractivity contribution in [1.82, 2.24) is 0 Å². The van der Waals surface area contributed by atoms with Gasteiger partial charge in [-0.1, -0.05) is 45.6 Å². The molecule has 0 bridgehead atoms. The topological polar surface area (TPSA) is 0 Å². The molecule has 0 nitrogen and oxygen atoms in total. The highest BCUT2D eigenvalue weighted by Gasteiger charge is 2.24. The summed E-state index contributed by atoms with van der Waals surface area (Å²) in [6.45, 7) is 14.0. The van der Waals surface area contributed by atoms with Gasteiger partial charge in [-0.05, 0) is 18.4 Å². The third-order valence-corrected chi connectivity index (χ3v) is 4.81. The molecule has 0 saturated carbocycles. The van der Waals surface area contributed by atoms with Gasteiger partial charge < -0.3 is 0 Å². The number of rotatable bonds is 2. The quantitative estimate of drug-likeness (QED) is 0.552. The van der Waals surface area contributed by atoms with Crippen LogP contribution in [0.3, 0.4) is 0 Å². The van der Waals surface area contributed by atoms with Gasteiger partial charge in [-0.15, -0.1) is 0 Å². The molecule has 0 radical (unpaired) electrons. The summed E-state index contributed by atoms with van der Waals surface area (Å²) in [5.74, 6) is 0. The van der Waals surface area contributed by atoms with Crippen molar-refractivity contribution in [1.29, 1.82) is 0 Å². The van der Waals surface area contributed by atoms with Crippen LogP contribution in [0, 0.1) is 5.41 Å². The van der Waals surface area contributed by atoms with Gasteiger partial charge in [0.05, 0.1) is 8.07 Å². The summed E-state index contributed by atoms with van der Waals surface area (Å²) in [6.07, 6.45) is 2.21. The van der Waals surface area contributed by atoms with Gasteiger partial charge in [0.1, 0.15) is 0 Å². The van der Waals surface area contributed by atoms with Gasteiger partial charge in [0.15, 0.2) is 0 Å². The highest BCUT2D eigenvalue weighted by atomic mass is 28.3. The second-order valence-electron chi connectivity index (χ2n) is 5.23. The second kappa shape index (κ2) is 3.57. The van der Waals surface area contributed by atoms with Crippen LogP contribution in [0.25, 0.3) is 0 Å². The van der Waals surface area contributed by atoms with Crippen LogP contribution in [0.4, 0.5) is 0 Å². The van der Waals surface area contributed by atoms with E-state index in [1.807, 2.05) is 0 Å². The lowest BCUT2D eigenvalue weighted by molar-refractivity contribution is 0.462. The molecule has 66 valence electrons. The molecule has 0 aliphatic rings. The van der Waals surface area contributed by atoms with Gasteiger partial charge in [-0.3, -0.25) is 0 Å². The second-order valence-corrected chi connectivity index (χ2v) is 9.89. The molecule has 11 heavy (non-hydrogen) atoms. The summed E-state index contributed by atoms with van der Waals surface area (Å²) in [5, 5.41) is 0. The molecule has 0 aromatic heterocycles. The van der Waals surface area contributed by atoms with Gasteiger partial charge >= 0.3 is 0 Å². The molecule has 0 atom stereocenters. The van der Waals surface area contributed by atoms with Crippen molar-refractivity contribution in [3.05, 3.63) is 11.8 Å². The van der Waals surface area contributed by atoms with Crippen LogP contribution in [-0.4, -0.2) is 8.07 Å². The molecule has 0 heterocycles. The molecule has 1 heteroatoms. The number of allylic oxidation sites excluding steroid dienone is 1. The van der Waals surface area contributed by atoms with E-state index < -0.39 is 8.07 Å². The first kappa shape index (κ1) is 11.0. The van der Waals surface area contributed by atoms with E-state index in [0.717, 1.165) is 0 Å². The van der Waals surface area contributed by atoms with E-state index in [4.69, 9.17) is 0 Å². The van der Waals surface area contributed by atoms with E-state index in [-0.39, 0.29) is 0 Å². The first-order valence-corrected chi connectivity index (χ1v) is 7.69. The van der Waals surface area contributed by atoms with Gasteiger partial charge in [0, 0.05) is 0 Å². The minimum Gasteiger partial charge on any atom is -0.0989 e. The minimum atomic E-state index is -1.02. The van der Waals surface area contributed by atoms with E-state index in [0.29, 0.717) is 5.41 Å². The fourth-order valence-corrected chi connectivity index (χ4v) is 5.63. The predicted molar refractivity (Wildman–Crippen MR) is 56.6 cm³/mol. The zero-order valence-electron chi connectivity index (χ0n) is 8.86. The highest BCUT2D eigenvalue weighted by molar-refractivity contribution is 6.82. The normalized spacial score (nSPS) is 14.4. The smallest absolute Gasteiger partial charge is 0.0718 e.